The molecule has 0 aromatic carbocycles. The van der Waals surface area contributed by atoms with Crippen molar-refractivity contribution >= 4 is 5.97 Å². The third-order valence-corrected chi connectivity index (χ3v) is 1.60. The molecular weight excluding hydrogens is 172 g/mol. The number of nitrogens with zero attached hydrogens (tertiary/aromatic N) is 2. The number of carbonyl (C=O) groups is 1. The number of carboxylic acid groups (broad SMARTS) is 1. The molecule has 0 aliphatic carbocycles. The average molecular weight is 182 g/mol. The van der Waals surface area contributed by atoms with E-state index >= 15 is 0 Å². The minimum atomic E-state index is -1.05. The standard InChI is InChI=1S/C8H10N2O3/c1-2-6-3-7(11)10(5-9-6)4-8(12)13/h3,5H,2,4H2,1H3,(H,12,13). The van der Waals surface area contributed by atoms with Crippen molar-refractivity contribution in [2.45, 2.75) is 19.9 Å². The fourth-order valence-electron chi connectivity index (χ4n) is 0.921. The second kappa shape index (κ2) is 3.84. The van der Waals surface area contributed by atoms with Crippen molar-refractivity contribution in [2.75, 3.05) is 0 Å². The second-order valence-electron chi connectivity index (χ2n) is 2.59. The Morgan fingerprint density at radius 1 is 1.69 bits per heavy atom. The zero-order valence-corrected chi connectivity index (χ0v) is 7.23. The number of aryl methyl sites for hydroxylation is 1. The number of aliphatic carboxylic acids is 1. The highest BCUT2D eigenvalue weighted by Crippen LogP contribution is 1.89. The molecule has 0 bridgehead atoms. The second-order valence-corrected chi connectivity index (χ2v) is 2.59. The van der Waals surface area contributed by atoms with Crippen molar-refractivity contribution < 1.29 is 9.90 Å². The molecule has 1 aromatic heterocycles. The summed E-state index contributed by atoms with van der Waals surface area (Å²) in [5.41, 5.74) is 0.348. The first-order valence-electron chi connectivity index (χ1n) is 3.90. The summed E-state index contributed by atoms with van der Waals surface area (Å²) in [4.78, 5) is 25.4. The van der Waals surface area contributed by atoms with Gasteiger partial charge in [-0.05, 0) is 6.42 Å². The van der Waals surface area contributed by atoms with Gasteiger partial charge in [0, 0.05) is 11.8 Å². The van der Waals surface area contributed by atoms with Crippen molar-refractivity contribution in [3.05, 3.63) is 28.4 Å². The van der Waals surface area contributed by atoms with E-state index in [-0.39, 0.29) is 12.1 Å². The SMILES string of the molecule is CCc1cc(=O)n(CC(=O)O)cn1. The molecule has 5 nitrogen and oxygen atoms in total. The fourth-order valence-corrected chi connectivity index (χ4v) is 0.921. The van der Waals surface area contributed by atoms with Crippen LogP contribution in [0, 0.1) is 0 Å². The normalized spacial score (nSPS) is 9.92. The van der Waals surface area contributed by atoms with E-state index in [1.54, 1.807) is 0 Å². The monoisotopic (exact) mass is 182 g/mol. The van der Waals surface area contributed by atoms with Crippen LogP contribution in [0.4, 0.5) is 0 Å². The van der Waals surface area contributed by atoms with Crippen LogP contribution in [0.15, 0.2) is 17.2 Å². The van der Waals surface area contributed by atoms with Crippen LogP contribution >= 0.6 is 0 Å². The van der Waals surface area contributed by atoms with Crippen LogP contribution in [0.3, 0.4) is 0 Å². The van der Waals surface area contributed by atoms with Gasteiger partial charge >= 0.3 is 5.97 Å². The summed E-state index contributed by atoms with van der Waals surface area (Å²) in [5.74, 6) is -1.05. The first-order valence-corrected chi connectivity index (χ1v) is 3.90. The summed E-state index contributed by atoms with van der Waals surface area (Å²) in [6.45, 7) is 1.54. The Labute approximate surface area is 74.7 Å². The smallest absolute Gasteiger partial charge is 0.323 e. The van der Waals surface area contributed by atoms with Gasteiger partial charge in [0.2, 0.25) is 0 Å². The Morgan fingerprint density at radius 2 is 2.38 bits per heavy atom. The largest absolute Gasteiger partial charge is 0.480 e. The van der Waals surface area contributed by atoms with Crippen molar-refractivity contribution in [1.29, 1.82) is 0 Å². The number of carboxylic acids is 1. The number of hydrogen-bond donors (Lipinski definition) is 1. The predicted octanol–water partition coefficient (Wildman–Crippen LogP) is -0.110. The topological polar surface area (TPSA) is 72.2 Å². The van der Waals surface area contributed by atoms with Crippen molar-refractivity contribution in [2.24, 2.45) is 0 Å². The molecule has 0 aliphatic rings. The van der Waals surface area contributed by atoms with Gasteiger partial charge in [0.05, 0.1) is 6.33 Å². The van der Waals surface area contributed by atoms with Gasteiger partial charge in [-0.25, -0.2) is 4.98 Å². The molecule has 0 spiro atoms. The zero-order chi connectivity index (χ0) is 9.84. The van der Waals surface area contributed by atoms with E-state index in [1.165, 1.54) is 12.4 Å². The van der Waals surface area contributed by atoms with Gasteiger partial charge in [0.15, 0.2) is 0 Å². The zero-order valence-electron chi connectivity index (χ0n) is 7.23. The quantitative estimate of drug-likeness (QED) is 0.707. The summed E-state index contributed by atoms with van der Waals surface area (Å²) < 4.78 is 1.06. The number of aromatic nitrogens is 2. The lowest BCUT2D eigenvalue weighted by molar-refractivity contribution is -0.137. The Morgan fingerprint density at radius 3 is 2.85 bits per heavy atom. The first-order chi connectivity index (χ1) is 6.13. The minimum Gasteiger partial charge on any atom is -0.480 e. The Balaban J connectivity index is 2.99. The van der Waals surface area contributed by atoms with Crippen molar-refractivity contribution in [3.8, 4) is 0 Å². The van der Waals surface area contributed by atoms with Gasteiger partial charge in [-0.2, -0.15) is 0 Å². The van der Waals surface area contributed by atoms with E-state index in [0.29, 0.717) is 12.1 Å². The molecule has 0 atom stereocenters. The van der Waals surface area contributed by atoms with E-state index in [0.717, 1.165) is 4.57 Å². The van der Waals surface area contributed by atoms with Gasteiger partial charge < -0.3 is 5.11 Å². The number of hydrogen-bond acceptors (Lipinski definition) is 3. The molecule has 1 rings (SSSR count). The Hall–Kier alpha value is -1.65. The molecule has 1 N–H and O–H groups in total. The molecule has 0 saturated carbocycles. The van der Waals surface area contributed by atoms with Gasteiger partial charge in [-0.1, -0.05) is 6.92 Å². The molecule has 0 unspecified atom stereocenters. The van der Waals surface area contributed by atoms with Gasteiger partial charge in [0.25, 0.3) is 5.56 Å². The van der Waals surface area contributed by atoms with E-state index < -0.39 is 5.97 Å². The predicted molar refractivity (Wildman–Crippen MR) is 45.5 cm³/mol. The van der Waals surface area contributed by atoms with Crippen LogP contribution in [0.1, 0.15) is 12.6 Å². The summed E-state index contributed by atoms with van der Waals surface area (Å²) in [5, 5.41) is 8.43. The van der Waals surface area contributed by atoms with Gasteiger partial charge in [0.1, 0.15) is 6.54 Å². The molecule has 0 saturated heterocycles. The Bertz CT molecular complexity index is 370. The molecule has 0 amide bonds. The highest BCUT2D eigenvalue weighted by molar-refractivity contribution is 5.66. The van der Waals surface area contributed by atoms with E-state index in [4.69, 9.17) is 5.11 Å². The maximum absolute atomic E-state index is 11.2. The molecule has 0 fully saturated rings. The van der Waals surface area contributed by atoms with Gasteiger partial charge in [-0.15, -0.1) is 0 Å². The molecule has 0 aliphatic heterocycles. The summed E-state index contributed by atoms with van der Waals surface area (Å²) >= 11 is 0. The summed E-state index contributed by atoms with van der Waals surface area (Å²) in [7, 11) is 0. The van der Waals surface area contributed by atoms with E-state index in [2.05, 4.69) is 4.98 Å². The minimum absolute atomic E-state index is 0.325. The molecule has 1 heterocycles. The lowest BCUT2D eigenvalue weighted by Gasteiger charge is -2.01. The summed E-state index contributed by atoms with van der Waals surface area (Å²) in [6.07, 6.45) is 1.93. The maximum Gasteiger partial charge on any atom is 0.323 e. The van der Waals surface area contributed by atoms with Gasteiger partial charge in [-0.3, -0.25) is 14.2 Å². The molecule has 13 heavy (non-hydrogen) atoms. The Kier molecular flexibility index (Phi) is 2.79. The van der Waals surface area contributed by atoms with Crippen LogP contribution < -0.4 is 5.56 Å². The third kappa shape index (κ3) is 2.40. The lowest BCUT2D eigenvalue weighted by Crippen LogP contribution is -2.24. The maximum atomic E-state index is 11.2. The lowest BCUT2D eigenvalue weighted by atomic mass is 10.3. The first kappa shape index (κ1) is 9.44. The van der Waals surface area contributed by atoms with Crippen LogP contribution in [-0.4, -0.2) is 20.6 Å². The van der Waals surface area contributed by atoms with Crippen molar-refractivity contribution in [3.63, 3.8) is 0 Å². The molecule has 0 radical (unpaired) electrons. The molecule has 70 valence electrons. The summed E-state index contributed by atoms with van der Waals surface area (Å²) in [6, 6.07) is 1.35. The van der Waals surface area contributed by atoms with Crippen LogP contribution in [-0.2, 0) is 17.8 Å². The third-order valence-electron chi connectivity index (χ3n) is 1.60. The van der Waals surface area contributed by atoms with Crippen molar-refractivity contribution in [1.82, 2.24) is 9.55 Å². The average Bonchev–Trinajstić information content (AvgIpc) is 2.08. The van der Waals surface area contributed by atoms with E-state index in [9.17, 15) is 9.59 Å². The highest BCUT2D eigenvalue weighted by atomic mass is 16.4. The van der Waals surface area contributed by atoms with Crippen LogP contribution in [0.25, 0.3) is 0 Å². The molecular formula is C8H10N2O3. The molecule has 5 heteroatoms. The number of rotatable bonds is 3. The van der Waals surface area contributed by atoms with Crippen LogP contribution in [0.2, 0.25) is 0 Å². The van der Waals surface area contributed by atoms with E-state index in [1.807, 2.05) is 6.92 Å². The van der Waals surface area contributed by atoms with Crippen LogP contribution in [0.5, 0.6) is 0 Å². The fraction of sp³-hybridized carbons (Fsp3) is 0.375. The molecule has 1 aromatic rings. The highest BCUT2D eigenvalue weighted by Gasteiger charge is 2.02.